The normalized spacial score (nSPS) is 12.2. The molecule has 0 saturated heterocycles. The van der Waals surface area contributed by atoms with Crippen molar-refractivity contribution in [2.45, 2.75) is 32.8 Å². The van der Waals surface area contributed by atoms with Crippen LogP contribution in [0.1, 0.15) is 37.0 Å². The lowest BCUT2D eigenvalue weighted by atomic mass is 10.1. The van der Waals surface area contributed by atoms with Crippen LogP contribution in [-0.2, 0) is 4.74 Å². The van der Waals surface area contributed by atoms with Crippen LogP contribution in [0.4, 0.5) is 0 Å². The van der Waals surface area contributed by atoms with E-state index in [2.05, 4.69) is 6.92 Å². The summed E-state index contributed by atoms with van der Waals surface area (Å²) in [4.78, 5) is 11.4. The second-order valence-corrected chi connectivity index (χ2v) is 4.45. The third kappa shape index (κ3) is 5.85. The third-order valence-corrected chi connectivity index (χ3v) is 2.65. The minimum atomic E-state index is -0.683. The van der Waals surface area contributed by atoms with Crippen molar-refractivity contribution < 1.29 is 19.4 Å². The second-order valence-electron chi connectivity index (χ2n) is 4.45. The molecule has 1 N–H and O–H groups in total. The van der Waals surface area contributed by atoms with Crippen LogP contribution in [0.2, 0.25) is 0 Å². The van der Waals surface area contributed by atoms with Gasteiger partial charge >= 0.3 is 0 Å². The zero-order valence-corrected chi connectivity index (χ0v) is 11.6. The number of ether oxygens (including phenoxy) is 2. The van der Waals surface area contributed by atoms with Gasteiger partial charge in [0.15, 0.2) is 5.78 Å². The Bertz CT molecular complexity index is 389. The van der Waals surface area contributed by atoms with E-state index >= 15 is 0 Å². The van der Waals surface area contributed by atoms with Crippen molar-refractivity contribution in [1.82, 2.24) is 0 Å². The molecule has 0 aromatic heterocycles. The van der Waals surface area contributed by atoms with Gasteiger partial charge in [-0.15, -0.1) is 0 Å². The van der Waals surface area contributed by atoms with Gasteiger partial charge in [-0.1, -0.05) is 25.5 Å². The molecule has 0 aliphatic heterocycles. The molecule has 1 aromatic rings. The van der Waals surface area contributed by atoms with Gasteiger partial charge in [0.2, 0.25) is 0 Å². The maximum Gasteiger partial charge on any atom is 0.163 e. The van der Waals surface area contributed by atoms with E-state index in [0.717, 1.165) is 12.8 Å². The monoisotopic (exact) mass is 266 g/mol. The summed E-state index contributed by atoms with van der Waals surface area (Å²) in [7, 11) is 0. The zero-order valence-electron chi connectivity index (χ0n) is 11.6. The lowest BCUT2D eigenvalue weighted by Crippen LogP contribution is -2.24. The molecule has 0 amide bonds. The molecule has 1 unspecified atom stereocenters. The molecular formula is C15H22O4. The predicted octanol–water partition coefficient (Wildman–Crippen LogP) is 2.45. The molecular weight excluding hydrogens is 244 g/mol. The topological polar surface area (TPSA) is 55.8 Å². The number of hydrogen-bond donors (Lipinski definition) is 1. The number of aliphatic hydroxyl groups is 1. The van der Waals surface area contributed by atoms with Gasteiger partial charge in [0, 0.05) is 6.61 Å². The SMILES string of the molecule is CCCCOCC(O)COc1ccccc1C(C)=O. The molecule has 106 valence electrons. The minimum Gasteiger partial charge on any atom is -0.490 e. The number of benzene rings is 1. The summed E-state index contributed by atoms with van der Waals surface area (Å²) < 4.78 is 10.8. The van der Waals surface area contributed by atoms with Crippen LogP contribution in [0, 0.1) is 0 Å². The number of para-hydroxylation sites is 1. The molecule has 0 bridgehead atoms. The maximum absolute atomic E-state index is 11.4. The lowest BCUT2D eigenvalue weighted by Gasteiger charge is -2.14. The molecule has 0 saturated carbocycles. The smallest absolute Gasteiger partial charge is 0.163 e. The molecule has 0 radical (unpaired) electrons. The number of aliphatic hydroxyl groups excluding tert-OH is 1. The molecule has 4 heteroatoms. The fraction of sp³-hybridized carbons (Fsp3) is 0.533. The second kappa shape index (κ2) is 8.67. The standard InChI is InChI=1S/C15H22O4/c1-3-4-9-18-10-13(17)11-19-15-8-6-5-7-14(15)12(2)16/h5-8,13,17H,3-4,9-11H2,1-2H3. The average molecular weight is 266 g/mol. The van der Waals surface area contributed by atoms with Gasteiger partial charge in [-0.3, -0.25) is 4.79 Å². The van der Waals surface area contributed by atoms with Crippen LogP contribution in [-0.4, -0.2) is 36.8 Å². The Morgan fingerprint density at radius 3 is 2.74 bits per heavy atom. The summed E-state index contributed by atoms with van der Waals surface area (Å²) in [5, 5.41) is 9.70. The van der Waals surface area contributed by atoms with E-state index < -0.39 is 6.10 Å². The van der Waals surface area contributed by atoms with Gasteiger partial charge in [0.25, 0.3) is 0 Å². The molecule has 1 rings (SSSR count). The van der Waals surface area contributed by atoms with Crippen LogP contribution < -0.4 is 4.74 Å². The number of carbonyl (C=O) groups is 1. The first-order valence-corrected chi connectivity index (χ1v) is 6.63. The van der Waals surface area contributed by atoms with Crippen LogP contribution >= 0.6 is 0 Å². The largest absolute Gasteiger partial charge is 0.490 e. The summed E-state index contributed by atoms with van der Waals surface area (Å²) in [5.41, 5.74) is 0.529. The number of Topliss-reactive ketones (excluding diaryl/α,β-unsaturated/α-hetero) is 1. The quantitative estimate of drug-likeness (QED) is 0.551. The van der Waals surface area contributed by atoms with Crippen molar-refractivity contribution in [3.8, 4) is 5.75 Å². The Morgan fingerprint density at radius 2 is 2.05 bits per heavy atom. The highest BCUT2D eigenvalue weighted by Gasteiger charge is 2.10. The fourth-order valence-electron chi connectivity index (χ4n) is 1.58. The van der Waals surface area contributed by atoms with Crippen molar-refractivity contribution in [3.63, 3.8) is 0 Å². The molecule has 19 heavy (non-hydrogen) atoms. The van der Waals surface area contributed by atoms with E-state index in [4.69, 9.17) is 9.47 Å². The van der Waals surface area contributed by atoms with E-state index in [1.807, 2.05) is 0 Å². The van der Waals surface area contributed by atoms with E-state index in [-0.39, 0.29) is 19.0 Å². The van der Waals surface area contributed by atoms with Gasteiger partial charge in [0.1, 0.15) is 18.5 Å². The van der Waals surface area contributed by atoms with Crippen LogP contribution in [0.15, 0.2) is 24.3 Å². The fourth-order valence-corrected chi connectivity index (χ4v) is 1.58. The lowest BCUT2D eigenvalue weighted by molar-refractivity contribution is 0.0111. The van der Waals surface area contributed by atoms with Crippen molar-refractivity contribution in [2.24, 2.45) is 0 Å². The van der Waals surface area contributed by atoms with Crippen molar-refractivity contribution in [1.29, 1.82) is 0 Å². The summed E-state index contributed by atoms with van der Waals surface area (Å²) in [5.74, 6) is 0.451. The number of unbranched alkanes of at least 4 members (excludes halogenated alkanes) is 1. The highest BCUT2D eigenvalue weighted by Crippen LogP contribution is 2.18. The first-order chi connectivity index (χ1) is 9.15. The number of ketones is 1. The highest BCUT2D eigenvalue weighted by atomic mass is 16.5. The van der Waals surface area contributed by atoms with E-state index in [1.54, 1.807) is 24.3 Å². The highest BCUT2D eigenvalue weighted by molar-refractivity contribution is 5.96. The van der Waals surface area contributed by atoms with Crippen LogP contribution in [0.5, 0.6) is 5.75 Å². The van der Waals surface area contributed by atoms with Gasteiger partial charge in [-0.05, 0) is 25.5 Å². The Hall–Kier alpha value is -1.39. The molecule has 0 aliphatic carbocycles. The van der Waals surface area contributed by atoms with Gasteiger partial charge in [-0.2, -0.15) is 0 Å². The summed E-state index contributed by atoms with van der Waals surface area (Å²) >= 11 is 0. The summed E-state index contributed by atoms with van der Waals surface area (Å²) in [6, 6.07) is 7.02. The number of carbonyl (C=O) groups excluding carboxylic acids is 1. The van der Waals surface area contributed by atoms with Crippen molar-refractivity contribution in [2.75, 3.05) is 19.8 Å². The zero-order chi connectivity index (χ0) is 14.1. The van der Waals surface area contributed by atoms with Crippen LogP contribution in [0.25, 0.3) is 0 Å². The van der Waals surface area contributed by atoms with Gasteiger partial charge in [-0.25, -0.2) is 0 Å². The first kappa shape index (κ1) is 15.7. The van der Waals surface area contributed by atoms with Crippen molar-refractivity contribution >= 4 is 5.78 Å². The van der Waals surface area contributed by atoms with E-state index in [9.17, 15) is 9.90 Å². The Labute approximate surface area is 114 Å². The van der Waals surface area contributed by atoms with Crippen molar-refractivity contribution in [3.05, 3.63) is 29.8 Å². The molecule has 0 fully saturated rings. The summed E-state index contributed by atoms with van der Waals surface area (Å²) in [6.07, 6.45) is 1.37. The van der Waals surface area contributed by atoms with Gasteiger partial charge < -0.3 is 14.6 Å². The van der Waals surface area contributed by atoms with Crippen LogP contribution in [0.3, 0.4) is 0 Å². The number of rotatable bonds is 9. The first-order valence-electron chi connectivity index (χ1n) is 6.63. The number of hydrogen-bond acceptors (Lipinski definition) is 4. The molecule has 0 spiro atoms. The molecule has 4 nitrogen and oxygen atoms in total. The van der Waals surface area contributed by atoms with E-state index in [0.29, 0.717) is 17.9 Å². The molecule has 0 aliphatic rings. The Kier molecular flexibility index (Phi) is 7.15. The Balaban J connectivity index is 2.37. The molecule has 1 atom stereocenters. The molecule has 1 aromatic carbocycles. The average Bonchev–Trinajstić information content (AvgIpc) is 2.41. The minimum absolute atomic E-state index is 0.0516. The molecule has 0 heterocycles. The van der Waals surface area contributed by atoms with Gasteiger partial charge in [0.05, 0.1) is 12.2 Å². The third-order valence-electron chi connectivity index (χ3n) is 2.65. The maximum atomic E-state index is 11.4. The summed E-state index contributed by atoms with van der Waals surface area (Å²) in [6.45, 7) is 4.60. The Morgan fingerprint density at radius 1 is 1.32 bits per heavy atom. The predicted molar refractivity (Wildman–Crippen MR) is 73.7 cm³/mol. The van der Waals surface area contributed by atoms with E-state index in [1.165, 1.54) is 6.92 Å².